The first-order chi connectivity index (χ1) is 10.8. The van der Waals surface area contributed by atoms with Crippen molar-refractivity contribution in [2.45, 2.75) is 25.0 Å². The lowest BCUT2D eigenvalue weighted by molar-refractivity contribution is -0.119. The molecule has 2 aliphatic rings. The molecule has 2 aromatic carbocycles. The topological polar surface area (TPSA) is 23.6 Å². The van der Waals surface area contributed by atoms with Gasteiger partial charge in [-0.3, -0.25) is 14.6 Å². The van der Waals surface area contributed by atoms with Gasteiger partial charge in [-0.15, -0.1) is 0 Å². The lowest BCUT2D eigenvalue weighted by atomic mass is 10.1. The van der Waals surface area contributed by atoms with Crippen LogP contribution in [0.4, 0.5) is 10.1 Å². The van der Waals surface area contributed by atoms with Gasteiger partial charge in [-0.2, -0.15) is 0 Å². The average Bonchev–Trinajstić information content (AvgIpc) is 3.12. The van der Waals surface area contributed by atoms with Crippen molar-refractivity contribution in [3.63, 3.8) is 0 Å². The van der Waals surface area contributed by atoms with Crippen LogP contribution in [0.15, 0.2) is 54.6 Å². The lowest BCUT2D eigenvalue weighted by Crippen LogP contribution is -2.32. The smallest absolute Gasteiger partial charge is 0.246 e. The van der Waals surface area contributed by atoms with Gasteiger partial charge in [0.1, 0.15) is 12.0 Å². The van der Waals surface area contributed by atoms with E-state index in [2.05, 4.69) is 17.0 Å². The van der Waals surface area contributed by atoms with E-state index >= 15 is 0 Å². The number of hydrogen-bond acceptors (Lipinski definition) is 2. The maximum atomic E-state index is 13.2. The van der Waals surface area contributed by atoms with Gasteiger partial charge in [-0.05, 0) is 42.7 Å². The molecule has 4 rings (SSSR count). The van der Waals surface area contributed by atoms with Crippen LogP contribution in [0.2, 0.25) is 0 Å². The van der Waals surface area contributed by atoms with E-state index in [1.807, 2.05) is 23.1 Å². The minimum absolute atomic E-state index is 0.0461. The van der Waals surface area contributed by atoms with Crippen molar-refractivity contribution in [2.75, 3.05) is 11.4 Å². The molecule has 4 heteroatoms. The van der Waals surface area contributed by atoms with Crippen molar-refractivity contribution in [2.24, 2.45) is 0 Å². The Morgan fingerprint density at radius 3 is 2.45 bits per heavy atom. The number of benzene rings is 2. The molecule has 0 unspecified atom stereocenters. The highest BCUT2D eigenvalue weighted by Gasteiger charge is 2.49. The molecule has 0 bridgehead atoms. The fourth-order valence-electron chi connectivity index (χ4n) is 3.61. The zero-order valence-electron chi connectivity index (χ0n) is 12.2. The monoisotopic (exact) mass is 296 g/mol. The van der Waals surface area contributed by atoms with Gasteiger partial charge in [-0.1, -0.05) is 30.3 Å². The normalized spacial score (nSPS) is 24.8. The molecule has 0 aromatic heterocycles. The van der Waals surface area contributed by atoms with Crippen molar-refractivity contribution >= 4 is 11.6 Å². The van der Waals surface area contributed by atoms with Crippen LogP contribution in [0.3, 0.4) is 0 Å². The van der Waals surface area contributed by atoms with E-state index in [1.165, 1.54) is 12.1 Å². The van der Waals surface area contributed by atoms with Crippen LogP contribution in [0.1, 0.15) is 24.6 Å². The third kappa shape index (κ3) is 2.03. The molecule has 2 aliphatic heterocycles. The summed E-state index contributed by atoms with van der Waals surface area (Å²) in [7, 11) is 0. The van der Waals surface area contributed by atoms with Gasteiger partial charge in [0.15, 0.2) is 0 Å². The molecule has 2 heterocycles. The van der Waals surface area contributed by atoms with E-state index < -0.39 is 0 Å². The van der Waals surface area contributed by atoms with Crippen LogP contribution in [0, 0.1) is 5.82 Å². The van der Waals surface area contributed by atoms with Gasteiger partial charge in [0, 0.05) is 12.2 Å². The van der Waals surface area contributed by atoms with E-state index in [-0.39, 0.29) is 23.9 Å². The van der Waals surface area contributed by atoms with E-state index in [1.54, 1.807) is 12.1 Å². The number of hydrogen-bond donors (Lipinski definition) is 0. The molecule has 2 fully saturated rings. The molecular weight excluding hydrogens is 279 g/mol. The highest BCUT2D eigenvalue weighted by molar-refractivity contribution is 6.00. The Kier molecular flexibility index (Phi) is 3.19. The molecular formula is C18H17FN2O. The van der Waals surface area contributed by atoms with Gasteiger partial charge in [0.05, 0.1) is 6.04 Å². The van der Waals surface area contributed by atoms with Crippen LogP contribution < -0.4 is 4.90 Å². The maximum Gasteiger partial charge on any atom is 0.246 e. The number of nitrogens with zero attached hydrogens (tertiary/aromatic N) is 2. The van der Waals surface area contributed by atoms with Crippen LogP contribution >= 0.6 is 0 Å². The predicted octanol–water partition coefficient (Wildman–Crippen LogP) is 3.34. The Morgan fingerprint density at radius 1 is 1.00 bits per heavy atom. The first kappa shape index (κ1) is 13.5. The second-order valence-corrected chi connectivity index (χ2v) is 5.86. The Balaban J connectivity index is 1.80. The SMILES string of the molecule is O=C1[C@@H]2CCCN2[C@@H](c2ccccc2)N1c1ccc(F)cc1. The summed E-state index contributed by atoms with van der Waals surface area (Å²) < 4.78 is 13.2. The third-order valence-corrected chi connectivity index (χ3v) is 4.58. The fourth-order valence-corrected chi connectivity index (χ4v) is 3.61. The molecule has 0 radical (unpaired) electrons. The van der Waals surface area contributed by atoms with Crippen LogP contribution in [0.5, 0.6) is 0 Å². The van der Waals surface area contributed by atoms with Crippen LogP contribution in [0.25, 0.3) is 0 Å². The fraction of sp³-hybridized carbons (Fsp3) is 0.278. The summed E-state index contributed by atoms with van der Waals surface area (Å²) in [6.07, 6.45) is 1.86. The quantitative estimate of drug-likeness (QED) is 0.848. The van der Waals surface area contributed by atoms with E-state index in [0.717, 1.165) is 30.6 Å². The highest BCUT2D eigenvalue weighted by atomic mass is 19.1. The Labute approximate surface area is 129 Å². The Morgan fingerprint density at radius 2 is 1.73 bits per heavy atom. The summed E-state index contributed by atoms with van der Waals surface area (Å²) in [6, 6.07) is 16.2. The van der Waals surface area contributed by atoms with Gasteiger partial charge in [0.25, 0.3) is 0 Å². The minimum Gasteiger partial charge on any atom is -0.291 e. The molecule has 1 amide bonds. The summed E-state index contributed by atoms with van der Waals surface area (Å²) in [6.45, 7) is 0.924. The van der Waals surface area contributed by atoms with Gasteiger partial charge in [0.2, 0.25) is 5.91 Å². The van der Waals surface area contributed by atoms with Crippen molar-refractivity contribution in [1.29, 1.82) is 0 Å². The molecule has 3 nitrogen and oxygen atoms in total. The maximum absolute atomic E-state index is 13.2. The number of anilines is 1. The number of rotatable bonds is 2. The molecule has 22 heavy (non-hydrogen) atoms. The first-order valence-corrected chi connectivity index (χ1v) is 7.65. The molecule has 2 saturated heterocycles. The standard InChI is InChI=1S/C18H17FN2O/c19-14-8-10-15(11-9-14)21-17(13-5-2-1-3-6-13)20-12-4-7-16(20)18(21)22/h1-3,5-6,8-11,16-17H,4,7,12H2/t16-,17+/m0/s1. The van der Waals surface area contributed by atoms with Crippen molar-refractivity contribution in [3.8, 4) is 0 Å². The summed E-state index contributed by atoms with van der Waals surface area (Å²) in [5.74, 6) is -0.162. The van der Waals surface area contributed by atoms with Crippen LogP contribution in [-0.4, -0.2) is 23.4 Å². The largest absolute Gasteiger partial charge is 0.291 e. The van der Waals surface area contributed by atoms with Gasteiger partial charge in [-0.25, -0.2) is 4.39 Å². The molecule has 2 aromatic rings. The van der Waals surface area contributed by atoms with E-state index in [4.69, 9.17) is 0 Å². The number of fused-ring (bicyclic) bond motifs is 1. The van der Waals surface area contributed by atoms with Gasteiger partial charge < -0.3 is 0 Å². The Bertz CT molecular complexity index is 686. The van der Waals surface area contributed by atoms with Crippen molar-refractivity contribution in [1.82, 2.24) is 4.90 Å². The summed E-state index contributed by atoms with van der Waals surface area (Å²) in [5.41, 5.74) is 1.86. The van der Waals surface area contributed by atoms with E-state index in [9.17, 15) is 9.18 Å². The highest BCUT2D eigenvalue weighted by Crippen LogP contribution is 2.42. The zero-order chi connectivity index (χ0) is 15.1. The molecule has 0 N–H and O–H groups in total. The van der Waals surface area contributed by atoms with Crippen molar-refractivity contribution < 1.29 is 9.18 Å². The number of halogens is 1. The second-order valence-electron chi connectivity index (χ2n) is 5.86. The first-order valence-electron chi connectivity index (χ1n) is 7.65. The zero-order valence-corrected chi connectivity index (χ0v) is 12.2. The number of carbonyl (C=O) groups is 1. The number of amides is 1. The third-order valence-electron chi connectivity index (χ3n) is 4.58. The predicted molar refractivity (Wildman–Crippen MR) is 82.8 cm³/mol. The summed E-state index contributed by atoms with van der Waals surface area (Å²) >= 11 is 0. The molecule has 0 saturated carbocycles. The molecule has 2 atom stereocenters. The van der Waals surface area contributed by atoms with Crippen LogP contribution in [-0.2, 0) is 4.79 Å². The second kappa shape index (κ2) is 5.21. The Hall–Kier alpha value is -2.20. The van der Waals surface area contributed by atoms with E-state index in [0.29, 0.717) is 0 Å². The lowest BCUT2D eigenvalue weighted by Gasteiger charge is -2.29. The summed E-state index contributed by atoms with van der Waals surface area (Å²) in [4.78, 5) is 16.9. The average molecular weight is 296 g/mol. The van der Waals surface area contributed by atoms with Crippen molar-refractivity contribution in [3.05, 3.63) is 66.0 Å². The number of carbonyl (C=O) groups excluding carboxylic acids is 1. The van der Waals surface area contributed by atoms with Gasteiger partial charge >= 0.3 is 0 Å². The summed E-state index contributed by atoms with van der Waals surface area (Å²) in [5, 5.41) is 0. The molecule has 112 valence electrons. The molecule has 0 aliphatic carbocycles. The minimum atomic E-state index is -0.285. The molecule has 0 spiro atoms.